The van der Waals surface area contributed by atoms with E-state index in [-0.39, 0.29) is 12.4 Å². The van der Waals surface area contributed by atoms with Crippen LogP contribution in [0.1, 0.15) is 25.7 Å². The Hall–Kier alpha value is -1.43. The molecule has 10 nitrogen and oxygen atoms in total. The molecule has 0 aromatic carbocycles. The van der Waals surface area contributed by atoms with Crippen molar-refractivity contribution >= 4 is 22.3 Å². The van der Waals surface area contributed by atoms with Gasteiger partial charge in [0.2, 0.25) is 0 Å². The van der Waals surface area contributed by atoms with E-state index in [2.05, 4.69) is 14.9 Å². The zero-order valence-corrected chi connectivity index (χ0v) is 14.1. The predicted octanol–water partition coefficient (Wildman–Crippen LogP) is -0.444. The molecule has 1 unspecified atom stereocenters. The van der Waals surface area contributed by atoms with E-state index in [1.807, 2.05) is 0 Å². The highest BCUT2D eigenvalue weighted by Crippen LogP contribution is 2.30. The minimum atomic E-state index is -4.74. The minimum absolute atomic E-state index is 0.265. The molecule has 0 saturated carbocycles. The molecule has 2 bridgehead atoms. The fraction of sp³-hybridized carbons (Fsp3) is 0.846. The lowest BCUT2D eigenvalue weighted by Crippen LogP contribution is -2.50. The van der Waals surface area contributed by atoms with Crippen LogP contribution >= 0.6 is 0 Å². The molecule has 3 heterocycles. The number of fused-ring (bicyclic) bond motifs is 2. The molecule has 2 amide bonds. The first-order valence-corrected chi connectivity index (χ1v) is 9.51. The van der Waals surface area contributed by atoms with Crippen molar-refractivity contribution in [1.29, 1.82) is 5.41 Å². The summed E-state index contributed by atoms with van der Waals surface area (Å²) in [5.41, 5.74) is 0. The monoisotopic (exact) mass is 361 g/mol. The predicted molar refractivity (Wildman–Crippen MR) is 84.7 cm³/mol. The Kier molecular flexibility index (Phi) is 4.95. The first-order valence-electron chi connectivity index (χ1n) is 8.15. The van der Waals surface area contributed by atoms with Crippen LogP contribution in [0.25, 0.3) is 0 Å². The Labute approximate surface area is 140 Å². The number of amidine groups is 1. The number of piperidine rings is 2. The normalized spacial score (nSPS) is 30.5. The van der Waals surface area contributed by atoms with E-state index in [1.54, 1.807) is 0 Å². The number of carbonyl (C=O) groups excluding carboxylic acids is 1. The van der Waals surface area contributed by atoms with Gasteiger partial charge >= 0.3 is 16.4 Å². The fourth-order valence-corrected chi connectivity index (χ4v) is 3.99. The molecule has 24 heavy (non-hydrogen) atoms. The lowest BCUT2D eigenvalue weighted by Gasteiger charge is -2.32. The third kappa shape index (κ3) is 3.79. The topological polar surface area (TPSA) is 135 Å². The molecule has 0 aliphatic carbocycles. The molecule has 0 aromatic heterocycles. The maximum Gasteiger partial charge on any atom is 0.418 e. The van der Waals surface area contributed by atoms with E-state index in [0.29, 0.717) is 30.4 Å². The van der Waals surface area contributed by atoms with Gasteiger partial charge in [-0.25, -0.2) is 4.79 Å². The van der Waals surface area contributed by atoms with Crippen molar-refractivity contribution in [2.45, 2.75) is 37.8 Å². The van der Waals surface area contributed by atoms with E-state index in [1.165, 1.54) is 4.90 Å². The van der Waals surface area contributed by atoms with Gasteiger partial charge in [0.15, 0.2) is 0 Å². The van der Waals surface area contributed by atoms with Crippen LogP contribution in [0.15, 0.2) is 0 Å². The zero-order chi connectivity index (χ0) is 17.3. The van der Waals surface area contributed by atoms with Crippen LogP contribution in [0.5, 0.6) is 0 Å². The van der Waals surface area contributed by atoms with Crippen molar-refractivity contribution in [2.24, 2.45) is 5.92 Å². The number of amides is 2. The van der Waals surface area contributed by atoms with Crippen molar-refractivity contribution in [3.05, 3.63) is 0 Å². The van der Waals surface area contributed by atoms with Crippen LogP contribution in [0.4, 0.5) is 4.79 Å². The second kappa shape index (κ2) is 6.82. The van der Waals surface area contributed by atoms with Crippen LogP contribution in [0.3, 0.4) is 0 Å². The number of hydrogen-bond donors (Lipinski definition) is 4. The fourth-order valence-electron chi connectivity index (χ4n) is 3.60. The lowest BCUT2D eigenvalue weighted by molar-refractivity contribution is -0.0316. The summed E-state index contributed by atoms with van der Waals surface area (Å²) in [6.07, 6.45) is 3.30. The van der Waals surface area contributed by atoms with Crippen molar-refractivity contribution in [3.8, 4) is 0 Å². The summed E-state index contributed by atoms with van der Waals surface area (Å²) in [5, 5.41) is 15.4. The molecule has 3 aliphatic heterocycles. The highest BCUT2D eigenvalue weighted by molar-refractivity contribution is 7.80. The number of nitrogens with one attached hydrogen (secondary N) is 3. The van der Waals surface area contributed by atoms with Gasteiger partial charge in [0, 0.05) is 13.1 Å². The molecule has 0 radical (unpaired) electrons. The highest BCUT2D eigenvalue weighted by Gasteiger charge is 2.48. The Morgan fingerprint density at radius 3 is 2.88 bits per heavy atom. The van der Waals surface area contributed by atoms with Gasteiger partial charge in [-0.3, -0.25) is 9.96 Å². The quantitative estimate of drug-likeness (QED) is 0.296. The van der Waals surface area contributed by atoms with Gasteiger partial charge in [-0.2, -0.15) is 13.5 Å². The highest BCUT2D eigenvalue weighted by atomic mass is 32.3. The van der Waals surface area contributed by atoms with E-state index in [9.17, 15) is 13.2 Å². The average molecular weight is 361 g/mol. The summed E-state index contributed by atoms with van der Waals surface area (Å²) in [5.74, 6) is 0.727. The van der Waals surface area contributed by atoms with Crippen molar-refractivity contribution in [3.63, 3.8) is 0 Å². The summed E-state index contributed by atoms with van der Waals surface area (Å²) in [4.78, 5) is 13.7. The molecule has 3 saturated heterocycles. The van der Waals surface area contributed by atoms with E-state index in [0.717, 1.165) is 25.9 Å². The van der Waals surface area contributed by atoms with Crippen molar-refractivity contribution < 1.29 is 22.0 Å². The van der Waals surface area contributed by atoms with E-state index >= 15 is 0 Å². The summed E-state index contributed by atoms with van der Waals surface area (Å²) in [6.45, 7) is 2.92. The number of nitrogens with zero attached hydrogens (tertiary/aromatic N) is 2. The van der Waals surface area contributed by atoms with Crippen LogP contribution in [0, 0.1) is 11.3 Å². The molecule has 0 aromatic rings. The van der Waals surface area contributed by atoms with Gasteiger partial charge in [-0.15, -0.1) is 4.28 Å². The maximum absolute atomic E-state index is 12.3. The van der Waals surface area contributed by atoms with Crippen molar-refractivity contribution in [1.82, 2.24) is 20.6 Å². The third-order valence-electron chi connectivity index (χ3n) is 4.81. The Morgan fingerprint density at radius 2 is 2.21 bits per heavy atom. The van der Waals surface area contributed by atoms with Gasteiger partial charge in [0.1, 0.15) is 5.84 Å². The molecule has 3 fully saturated rings. The van der Waals surface area contributed by atoms with Crippen LogP contribution in [-0.2, 0) is 14.7 Å². The summed E-state index contributed by atoms with van der Waals surface area (Å²) < 4.78 is 34.9. The molecule has 4 N–H and O–H groups in total. The summed E-state index contributed by atoms with van der Waals surface area (Å²) in [6, 6.07) is -1.47. The van der Waals surface area contributed by atoms with Gasteiger partial charge in [-0.1, -0.05) is 0 Å². The number of rotatable bonds is 5. The van der Waals surface area contributed by atoms with Crippen LogP contribution in [0.2, 0.25) is 0 Å². The lowest BCUT2D eigenvalue weighted by atomic mass is 9.98. The van der Waals surface area contributed by atoms with E-state index < -0.39 is 28.5 Å². The zero-order valence-electron chi connectivity index (χ0n) is 13.3. The molecular formula is C13H23N5O5S. The molecule has 3 atom stereocenters. The average Bonchev–Trinajstić information content (AvgIpc) is 2.77. The second-order valence-electron chi connectivity index (χ2n) is 6.52. The summed E-state index contributed by atoms with van der Waals surface area (Å²) in [7, 11) is -4.74. The van der Waals surface area contributed by atoms with Crippen LogP contribution in [-0.4, -0.2) is 73.1 Å². The van der Waals surface area contributed by atoms with Gasteiger partial charge in [-0.05, 0) is 44.7 Å². The Bertz CT molecular complexity index is 606. The molecule has 11 heteroatoms. The largest absolute Gasteiger partial charge is 0.418 e. The van der Waals surface area contributed by atoms with E-state index in [4.69, 9.17) is 9.96 Å². The minimum Gasteiger partial charge on any atom is -0.372 e. The Balaban J connectivity index is 1.58. The first kappa shape index (κ1) is 17.4. The summed E-state index contributed by atoms with van der Waals surface area (Å²) >= 11 is 0. The van der Waals surface area contributed by atoms with Gasteiger partial charge in [0.25, 0.3) is 0 Å². The molecule has 3 rings (SSSR count). The first-order chi connectivity index (χ1) is 11.3. The van der Waals surface area contributed by atoms with Gasteiger partial charge < -0.3 is 15.5 Å². The van der Waals surface area contributed by atoms with Gasteiger partial charge in [0.05, 0.1) is 12.1 Å². The third-order valence-corrected chi connectivity index (χ3v) is 5.16. The number of hydroxylamine groups is 2. The molecule has 3 aliphatic rings. The second-order valence-corrected chi connectivity index (χ2v) is 7.52. The van der Waals surface area contributed by atoms with Crippen molar-refractivity contribution in [2.75, 3.05) is 26.2 Å². The molecular weight excluding hydrogens is 338 g/mol. The van der Waals surface area contributed by atoms with Crippen LogP contribution < -0.4 is 10.6 Å². The maximum atomic E-state index is 12.3. The Morgan fingerprint density at radius 1 is 1.42 bits per heavy atom. The SMILES string of the molecule is N=C(NCC1CCCNC1)[C@@H]1CC[C@@H]2CN1C(=O)N2OS(=O)(=O)O. The number of hydrogen-bond acceptors (Lipinski definition) is 6. The molecule has 136 valence electrons. The smallest absolute Gasteiger partial charge is 0.372 e. The number of carbonyl (C=O) groups is 1. The number of urea groups is 1. The molecule has 0 spiro atoms. The standard InChI is InChI=1S/C13H23N5O5S/c14-12(16-7-9-2-1-5-15-6-9)11-4-3-10-8-17(11)13(19)18(10)23-24(20,21)22/h9-11,15H,1-8H2,(H2,14,16)(H,20,21,22)/t9?,10-,11+/m1/s1.